The van der Waals surface area contributed by atoms with Crippen molar-refractivity contribution in [1.29, 1.82) is 0 Å². The predicted octanol–water partition coefficient (Wildman–Crippen LogP) is 3.68. The maximum atomic E-state index is 13.3. The summed E-state index contributed by atoms with van der Waals surface area (Å²) in [5.41, 5.74) is 3.22. The van der Waals surface area contributed by atoms with E-state index in [1.807, 2.05) is 29.8 Å². The summed E-state index contributed by atoms with van der Waals surface area (Å²) in [5, 5.41) is 10.9. The number of nitrogens with one attached hydrogen (secondary N) is 2. The molecule has 3 aromatic rings. The van der Waals surface area contributed by atoms with E-state index in [1.165, 1.54) is 12.1 Å². The molecule has 1 aromatic heterocycles. The van der Waals surface area contributed by atoms with Crippen LogP contribution in [0.3, 0.4) is 0 Å². The van der Waals surface area contributed by atoms with E-state index >= 15 is 0 Å². The Balaban J connectivity index is 1.54. The first-order valence-corrected chi connectivity index (χ1v) is 9.09. The molecule has 1 aliphatic heterocycles. The summed E-state index contributed by atoms with van der Waals surface area (Å²) in [6.45, 7) is 2.94. The van der Waals surface area contributed by atoms with Crippen molar-refractivity contribution in [2.75, 3.05) is 5.32 Å². The first-order chi connectivity index (χ1) is 13.2. The summed E-state index contributed by atoms with van der Waals surface area (Å²) in [6.07, 6.45) is 0.667. The average Bonchev–Trinajstić information content (AvgIpc) is 3.24. The summed E-state index contributed by atoms with van der Waals surface area (Å²) >= 11 is 0. The number of rotatable bonds is 5. The largest absolute Gasteiger partial charge is 0.361 e. The molecule has 0 bridgehead atoms. The number of fused-ring (bicyclic) bond motifs is 1. The fourth-order valence-corrected chi connectivity index (χ4v) is 3.45. The molecule has 0 aliphatic carbocycles. The minimum atomic E-state index is -0.310. The van der Waals surface area contributed by atoms with Crippen LogP contribution in [0, 0.1) is 5.82 Å². The van der Waals surface area contributed by atoms with Gasteiger partial charge in [0, 0.05) is 6.54 Å². The third-order valence-electron chi connectivity index (χ3n) is 4.80. The molecule has 0 fully saturated rings. The molecule has 27 heavy (non-hydrogen) atoms. The molecule has 0 saturated carbocycles. The zero-order chi connectivity index (χ0) is 18.8. The SMILES string of the molecule is CCc1nn2c(c1C(=O)NCc1cccc(F)c1)NC(c1ccccc1)C2. The van der Waals surface area contributed by atoms with Crippen molar-refractivity contribution in [3.63, 3.8) is 0 Å². The van der Waals surface area contributed by atoms with Crippen molar-refractivity contribution in [3.05, 3.63) is 82.8 Å². The number of halogens is 1. The summed E-state index contributed by atoms with van der Waals surface area (Å²) in [4.78, 5) is 12.8. The minimum absolute atomic E-state index is 0.0920. The van der Waals surface area contributed by atoms with Crippen LogP contribution >= 0.6 is 0 Å². The quantitative estimate of drug-likeness (QED) is 0.726. The van der Waals surface area contributed by atoms with Crippen LogP contribution in [-0.2, 0) is 19.5 Å². The summed E-state index contributed by atoms with van der Waals surface area (Å²) in [6, 6.07) is 16.4. The Hall–Kier alpha value is -3.15. The molecular weight excluding hydrogens is 343 g/mol. The zero-order valence-electron chi connectivity index (χ0n) is 15.1. The third kappa shape index (κ3) is 3.43. The van der Waals surface area contributed by atoms with Gasteiger partial charge in [-0.05, 0) is 29.7 Å². The van der Waals surface area contributed by atoms with Gasteiger partial charge in [-0.2, -0.15) is 5.10 Å². The maximum absolute atomic E-state index is 13.3. The monoisotopic (exact) mass is 364 g/mol. The molecule has 6 heteroatoms. The molecule has 138 valence electrons. The zero-order valence-corrected chi connectivity index (χ0v) is 15.1. The second kappa shape index (κ2) is 7.23. The lowest BCUT2D eigenvalue weighted by Gasteiger charge is -2.12. The van der Waals surface area contributed by atoms with Crippen LogP contribution in [0.2, 0.25) is 0 Å². The molecule has 5 nitrogen and oxygen atoms in total. The van der Waals surface area contributed by atoms with Crippen molar-refractivity contribution < 1.29 is 9.18 Å². The Kier molecular flexibility index (Phi) is 4.62. The summed E-state index contributed by atoms with van der Waals surface area (Å²) in [7, 11) is 0. The number of benzene rings is 2. The number of hydrogen-bond acceptors (Lipinski definition) is 3. The van der Waals surface area contributed by atoms with Gasteiger partial charge in [0.2, 0.25) is 0 Å². The summed E-state index contributed by atoms with van der Waals surface area (Å²) in [5.74, 6) is 0.241. The Morgan fingerprint density at radius 2 is 2.07 bits per heavy atom. The van der Waals surface area contributed by atoms with E-state index in [4.69, 9.17) is 0 Å². The van der Waals surface area contributed by atoms with Gasteiger partial charge in [0.05, 0.1) is 18.3 Å². The van der Waals surface area contributed by atoms with E-state index in [-0.39, 0.29) is 24.3 Å². The van der Waals surface area contributed by atoms with Gasteiger partial charge < -0.3 is 10.6 Å². The Morgan fingerprint density at radius 3 is 2.81 bits per heavy atom. The van der Waals surface area contributed by atoms with Crippen LogP contribution in [-0.4, -0.2) is 15.7 Å². The number of carbonyl (C=O) groups excluding carboxylic acids is 1. The Bertz CT molecular complexity index is 968. The number of aromatic nitrogens is 2. The predicted molar refractivity (Wildman–Crippen MR) is 102 cm³/mol. The Labute approximate surface area is 157 Å². The van der Waals surface area contributed by atoms with E-state index in [0.29, 0.717) is 18.5 Å². The molecular formula is C21H21FN4O. The van der Waals surface area contributed by atoms with Gasteiger partial charge in [-0.15, -0.1) is 0 Å². The number of amides is 1. The van der Waals surface area contributed by atoms with Crippen LogP contribution in [0.5, 0.6) is 0 Å². The van der Waals surface area contributed by atoms with Gasteiger partial charge in [-0.1, -0.05) is 49.4 Å². The summed E-state index contributed by atoms with van der Waals surface area (Å²) < 4.78 is 15.2. The minimum Gasteiger partial charge on any atom is -0.361 e. The van der Waals surface area contributed by atoms with Crippen molar-refractivity contribution in [3.8, 4) is 0 Å². The standard InChI is InChI=1S/C21H21FN4O/c1-2-17-19(21(27)23-12-14-7-6-10-16(22)11-14)20-24-18(13-26(20)25-17)15-8-4-3-5-9-15/h3-11,18,24H,2,12-13H2,1H3,(H,23,27). The lowest BCUT2D eigenvalue weighted by atomic mass is 10.1. The van der Waals surface area contributed by atoms with Crippen LogP contribution in [0.15, 0.2) is 54.6 Å². The van der Waals surface area contributed by atoms with Crippen molar-refractivity contribution >= 4 is 11.7 Å². The van der Waals surface area contributed by atoms with Crippen LogP contribution < -0.4 is 10.6 Å². The number of hydrogen-bond donors (Lipinski definition) is 2. The van der Waals surface area contributed by atoms with E-state index in [1.54, 1.807) is 12.1 Å². The van der Waals surface area contributed by atoms with Crippen LogP contribution in [0.25, 0.3) is 0 Å². The van der Waals surface area contributed by atoms with Crippen molar-refractivity contribution in [2.45, 2.75) is 32.5 Å². The topological polar surface area (TPSA) is 59.0 Å². The number of anilines is 1. The fourth-order valence-electron chi connectivity index (χ4n) is 3.45. The number of nitrogens with zero attached hydrogens (tertiary/aromatic N) is 2. The van der Waals surface area contributed by atoms with Gasteiger partial charge in [-0.3, -0.25) is 4.79 Å². The first kappa shape index (κ1) is 17.3. The third-order valence-corrected chi connectivity index (χ3v) is 4.80. The molecule has 2 N–H and O–H groups in total. The van der Waals surface area contributed by atoms with Gasteiger partial charge in [0.15, 0.2) is 0 Å². The highest BCUT2D eigenvalue weighted by Crippen LogP contribution is 2.33. The highest BCUT2D eigenvalue weighted by atomic mass is 19.1. The lowest BCUT2D eigenvalue weighted by Crippen LogP contribution is -2.24. The number of aryl methyl sites for hydroxylation is 1. The molecule has 1 aliphatic rings. The van der Waals surface area contributed by atoms with E-state index in [9.17, 15) is 9.18 Å². The van der Waals surface area contributed by atoms with Crippen LogP contribution in [0.1, 0.15) is 40.1 Å². The van der Waals surface area contributed by atoms with Crippen LogP contribution in [0.4, 0.5) is 10.2 Å². The second-order valence-electron chi connectivity index (χ2n) is 6.63. The molecule has 2 heterocycles. The molecule has 0 radical (unpaired) electrons. The second-order valence-corrected chi connectivity index (χ2v) is 6.63. The van der Waals surface area contributed by atoms with Gasteiger partial charge in [0.25, 0.3) is 5.91 Å². The normalized spacial score (nSPS) is 15.3. The maximum Gasteiger partial charge on any atom is 0.257 e. The first-order valence-electron chi connectivity index (χ1n) is 9.09. The molecule has 0 spiro atoms. The van der Waals surface area contributed by atoms with Gasteiger partial charge >= 0.3 is 0 Å². The van der Waals surface area contributed by atoms with E-state index < -0.39 is 0 Å². The van der Waals surface area contributed by atoms with Crippen molar-refractivity contribution in [1.82, 2.24) is 15.1 Å². The number of carbonyl (C=O) groups is 1. The van der Waals surface area contributed by atoms with Gasteiger partial charge in [0.1, 0.15) is 17.2 Å². The molecule has 4 rings (SSSR count). The Morgan fingerprint density at radius 1 is 1.26 bits per heavy atom. The van der Waals surface area contributed by atoms with Crippen molar-refractivity contribution in [2.24, 2.45) is 0 Å². The lowest BCUT2D eigenvalue weighted by molar-refractivity contribution is 0.0951. The highest BCUT2D eigenvalue weighted by molar-refractivity contribution is 6.00. The molecule has 0 saturated heterocycles. The highest BCUT2D eigenvalue weighted by Gasteiger charge is 2.30. The molecule has 1 atom stereocenters. The molecule has 1 amide bonds. The van der Waals surface area contributed by atoms with Gasteiger partial charge in [-0.25, -0.2) is 9.07 Å². The fraction of sp³-hybridized carbons (Fsp3) is 0.238. The smallest absolute Gasteiger partial charge is 0.257 e. The average molecular weight is 364 g/mol. The molecule has 1 unspecified atom stereocenters. The molecule has 2 aromatic carbocycles. The van der Waals surface area contributed by atoms with E-state index in [0.717, 1.165) is 22.6 Å². The van der Waals surface area contributed by atoms with E-state index in [2.05, 4.69) is 27.9 Å².